The molecule has 3 heteroatoms. The molecule has 10 heavy (non-hydrogen) atoms. The number of hydrogen-bond donors (Lipinski definition) is 0. The van der Waals surface area contributed by atoms with Crippen molar-refractivity contribution >= 4 is 22.8 Å². The first kappa shape index (κ1) is 22.9. The van der Waals surface area contributed by atoms with E-state index >= 15 is 0 Å². The zero-order valence-corrected chi connectivity index (χ0v) is 4.94. The molecule has 0 aliphatic heterocycles. The van der Waals surface area contributed by atoms with Gasteiger partial charge in [0.15, 0.2) is 0 Å². The van der Waals surface area contributed by atoms with E-state index < -0.39 is 5.24 Å². The average molecular weight is 165 g/mol. The number of hydrogen-bond acceptors (Lipinski definition) is 2. The lowest BCUT2D eigenvalue weighted by atomic mass is 10.7. The second kappa shape index (κ2) is 24.2. The van der Waals surface area contributed by atoms with E-state index in [2.05, 4.69) is 13.2 Å². The van der Waals surface area contributed by atoms with E-state index in [0.717, 1.165) is 6.08 Å². The summed E-state index contributed by atoms with van der Waals surface area (Å²) >= 11 is 4.71. The van der Waals surface area contributed by atoms with Crippen LogP contribution in [0.25, 0.3) is 0 Å². The minimum absolute atomic E-state index is 0. The minimum Gasteiger partial charge on any atom is -0.276 e. The maximum atomic E-state index is 9.46. The third-order valence-corrected chi connectivity index (χ3v) is 0.315. The maximum Gasteiger partial charge on any atom is 0.244 e. The van der Waals surface area contributed by atoms with Crippen molar-refractivity contribution in [1.82, 2.24) is 0 Å². The van der Waals surface area contributed by atoms with Gasteiger partial charge in [-0.05, 0) is 24.3 Å². The fourth-order valence-electron chi connectivity index (χ4n) is 0. The van der Waals surface area contributed by atoms with Crippen LogP contribution in [0.2, 0.25) is 0 Å². The molecule has 0 aromatic heterocycles. The smallest absolute Gasteiger partial charge is 0.244 e. The topological polar surface area (TPSA) is 34.1 Å². The van der Waals surface area contributed by atoms with Crippen LogP contribution in [0.4, 0.5) is 0 Å². The van der Waals surface area contributed by atoms with Gasteiger partial charge in [0.2, 0.25) is 5.24 Å². The molecule has 60 valence electrons. The van der Waals surface area contributed by atoms with Crippen LogP contribution in [0.1, 0.15) is 14.9 Å². The summed E-state index contributed by atoms with van der Waals surface area (Å²) in [7, 11) is 0. The number of halogens is 1. The average Bonchev–Trinajstić information content (AvgIpc) is 1.69. The van der Waals surface area contributed by atoms with Gasteiger partial charge in [-0.15, -0.1) is 0 Å². The van der Waals surface area contributed by atoms with Crippen LogP contribution in [0.15, 0.2) is 19.2 Å². The Hall–Kier alpha value is -0.850. The highest BCUT2D eigenvalue weighted by Crippen LogP contribution is 1.74. The van der Waals surface area contributed by atoms with E-state index in [4.69, 9.17) is 16.4 Å². The van der Waals surface area contributed by atoms with Crippen molar-refractivity contribution in [2.24, 2.45) is 0 Å². The van der Waals surface area contributed by atoms with E-state index in [0.29, 0.717) is 0 Å². The zero-order chi connectivity index (χ0) is 6.99. The molecule has 0 amide bonds. The second-order valence-electron chi connectivity index (χ2n) is 0.653. The largest absolute Gasteiger partial charge is 0.276 e. The molecule has 0 aliphatic rings. The molecule has 2 nitrogen and oxygen atoms in total. The number of allylic oxidation sites excluding steroid dienone is 1. The molecule has 0 spiro atoms. The molecule has 0 fully saturated rings. The summed E-state index contributed by atoms with van der Waals surface area (Å²) in [6.45, 7) is 5.76. The van der Waals surface area contributed by atoms with Crippen molar-refractivity contribution in [3.63, 3.8) is 0 Å². The van der Waals surface area contributed by atoms with Crippen LogP contribution >= 0.6 is 11.6 Å². The summed E-state index contributed by atoms with van der Waals surface area (Å²) in [6.07, 6.45) is 1.04. The van der Waals surface area contributed by atoms with Crippen LogP contribution in [0.3, 0.4) is 0 Å². The molecular weight excluding hydrogens is 152 g/mol. The van der Waals surface area contributed by atoms with Gasteiger partial charge in [-0.25, -0.2) is 4.79 Å². The van der Waals surface area contributed by atoms with Crippen molar-refractivity contribution in [2.75, 3.05) is 0 Å². The van der Waals surface area contributed by atoms with Crippen LogP contribution in [-0.2, 0) is 9.59 Å². The van der Waals surface area contributed by atoms with E-state index in [1.165, 1.54) is 5.94 Å². The van der Waals surface area contributed by atoms with Crippen molar-refractivity contribution in [3.05, 3.63) is 19.2 Å². The number of carbonyl (C=O) groups is 1. The highest BCUT2D eigenvalue weighted by molar-refractivity contribution is 6.66. The second-order valence-corrected chi connectivity index (χ2v) is 1.03. The maximum absolute atomic E-state index is 9.46. The highest BCUT2D eigenvalue weighted by Gasteiger charge is 1.74. The monoisotopic (exact) mass is 164 g/mol. The van der Waals surface area contributed by atoms with Gasteiger partial charge in [0, 0.05) is 0 Å². The Kier molecular flexibility index (Phi) is 55.4. The first-order valence-electron chi connectivity index (χ1n) is 1.65. The van der Waals surface area contributed by atoms with Gasteiger partial charge < -0.3 is 0 Å². The minimum atomic E-state index is -0.509. The molecule has 0 rings (SSSR count). The summed E-state index contributed by atoms with van der Waals surface area (Å²) < 4.78 is 0. The Morgan fingerprint density at radius 1 is 1.50 bits per heavy atom. The predicted octanol–water partition coefficient (Wildman–Crippen LogP) is 2.21. The van der Waals surface area contributed by atoms with Gasteiger partial charge in [0.05, 0.1) is 0 Å². The molecule has 0 radical (unpaired) electrons. The van der Waals surface area contributed by atoms with E-state index in [1.807, 2.05) is 0 Å². The van der Waals surface area contributed by atoms with Crippen molar-refractivity contribution in [2.45, 2.75) is 14.9 Å². The number of rotatable bonds is 1. The molecule has 0 heterocycles. The lowest BCUT2D eigenvalue weighted by Gasteiger charge is -1.59. The van der Waals surface area contributed by atoms with Crippen LogP contribution < -0.4 is 0 Å². The van der Waals surface area contributed by atoms with Gasteiger partial charge >= 0.3 is 0 Å². The summed E-state index contributed by atoms with van der Waals surface area (Å²) in [5, 5.41) is -0.509. The fourth-order valence-corrected chi connectivity index (χ4v) is 0. The Balaban J connectivity index is -0.0000000326. The molecule has 0 saturated carbocycles. The van der Waals surface area contributed by atoms with Gasteiger partial charge in [-0.1, -0.05) is 21.4 Å². The first-order chi connectivity index (χ1) is 3.68. The van der Waals surface area contributed by atoms with E-state index in [1.54, 1.807) is 0 Å². The molecule has 0 atom stereocenters. The van der Waals surface area contributed by atoms with E-state index in [-0.39, 0.29) is 14.9 Å². The highest BCUT2D eigenvalue weighted by atomic mass is 35.5. The molecule has 0 N–H and O–H groups in total. The third-order valence-electron chi connectivity index (χ3n) is 0.160. The van der Waals surface area contributed by atoms with Crippen molar-refractivity contribution in [3.8, 4) is 0 Å². The Morgan fingerprint density at radius 3 is 1.60 bits per heavy atom. The van der Waals surface area contributed by atoms with Crippen LogP contribution in [0.5, 0.6) is 0 Å². The van der Waals surface area contributed by atoms with Gasteiger partial charge in [0.1, 0.15) is 5.94 Å². The standard InChI is InChI=1S/C3H3ClO.C2H2O.2CH4/c1-2-3(4)5;1-2-3;;/h2H,1H2;1H2;2*1H4. The van der Waals surface area contributed by atoms with Crippen molar-refractivity contribution < 1.29 is 9.59 Å². The summed E-state index contributed by atoms with van der Waals surface area (Å²) in [5.74, 6) is 1.25. The van der Waals surface area contributed by atoms with Gasteiger partial charge in [-0.2, -0.15) is 0 Å². The molecule has 0 bridgehead atoms. The Labute approximate surface area is 67.2 Å². The Morgan fingerprint density at radius 2 is 1.60 bits per heavy atom. The molecular formula is C7H13ClO2. The molecule has 0 aliphatic carbocycles. The fraction of sp³-hybridized carbons (Fsp3) is 0.286. The summed E-state index contributed by atoms with van der Waals surface area (Å²) in [5.41, 5.74) is 0. The van der Waals surface area contributed by atoms with Gasteiger partial charge in [-0.3, -0.25) is 4.79 Å². The van der Waals surface area contributed by atoms with Crippen LogP contribution in [-0.4, -0.2) is 11.2 Å². The quantitative estimate of drug-likeness (QED) is 0.338. The Bertz CT molecular complexity index is 113. The lowest BCUT2D eigenvalue weighted by molar-refractivity contribution is -0.107. The molecule has 0 unspecified atom stereocenters. The predicted molar refractivity (Wildman–Crippen MR) is 45.8 cm³/mol. The normalized spacial score (nSPS) is 4.10. The first-order valence-corrected chi connectivity index (χ1v) is 2.03. The van der Waals surface area contributed by atoms with E-state index in [9.17, 15) is 4.79 Å². The summed E-state index contributed by atoms with van der Waals surface area (Å²) in [4.78, 5) is 18.0. The third kappa shape index (κ3) is 204. The number of carbonyl (C=O) groups excluding carboxylic acids is 2. The summed E-state index contributed by atoms with van der Waals surface area (Å²) in [6, 6.07) is 0. The van der Waals surface area contributed by atoms with Gasteiger partial charge in [0.25, 0.3) is 0 Å². The van der Waals surface area contributed by atoms with Crippen molar-refractivity contribution in [1.29, 1.82) is 0 Å². The molecule has 0 saturated heterocycles. The molecule has 0 aromatic rings. The lowest BCUT2D eigenvalue weighted by Crippen LogP contribution is -1.67. The van der Waals surface area contributed by atoms with Crippen LogP contribution in [0, 0.1) is 0 Å². The molecule has 0 aromatic carbocycles. The zero-order valence-electron chi connectivity index (χ0n) is 4.19. The SMILES string of the molecule is C.C.C=C=O.C=CC(=O)Cl.